The van der Waals surface area contributed by atoms with Gasteiger partial charge in [0.15, 0.2) is 0 Å². The average molecular weight is 290 g/mol. The average Bonchev–Trinajstić information content (AvgIpc) is 2.78. The Hall–Kier alpha value is -0.420. The summed E-state index contributed by atoms with van der Waals surface area (Å²) in [5, 5.41) is 7.46. The number of rotatable bonds is 3. The second-order valence-electron chi connectivity index (χ2n) is 4.44. The molecule has 1 aliphatic heterocycles. The molecule has 1 aromatic heterocycles. The van der Waals surface area contributed by atoms with Crippen LogP contribution in [-0.2, 0) is 19.9 Å². The first-order chi connectivity index (χ1) is 7.56. The summed E-state index contributed by atoms with van der Waals surface area (Å²) in [5.41, 5.74) is 0.858. The molecule has 1 N–H and O–H groups in total. The fourth-order valence-electron chi connectivity index (χ4n) is 2.18. The van der Waals surface area contributed by atoms with Crippen molar-refractivity contribution in [1.29, 1.82) is 0 Å². The van der Waals surface area contributed by atoms with Crippen molar-refractivity contribution in [2.75, 3.05) is 13.1 Å². The molecule has 1 aromatic rings. The molecule has 90 valence electrons. The molecule has 0 amide bonds. The lowest BCUT2D eigenvalue weighted by atomic mass is 9.98. The number of halogens is 2. The molecule has 0 bridgehead atoms. The van der Waals surface area contributed by atoms with Gasteiger partial charge in [0, 0.05) is 20.0 Å². The van der Waals surface area contributed by atoms with Gasteiger partial charge in [0.1, 0.15) is 5.67 Å². The maximum atomic E-state index is 14.3. The summed E-state index contributed by atoms with van der Waals surface area (Å²) in [6.45, 7) is 3.28. The lowest BCUT2D eigenvalue weighted by Crippen LogP contribution is -2.29. The predicted molar refractivity (Wildman–Crippen MR) is 65.3 cm³/mol. The van der Waals surface area contributed by atoms with Gasteiger partial charge < -0.3 is 5.32 Å². The van der Waals surface area contributed by atoms with Gasteiger partial charge in [-0.3, -0.25) is 4.68 Å². The lowest BCUT2D eigenvalue weighted by molar-refractivity contribution is 0.186. The highest BCUT2D eigenvalue weighted by Crippen LogP contribution is 2.30. The Kier molecular flexibility index (Phi) is 3.35. The van der Waals surface area contributed by atoms with E-state index in [4.69, 9.17) is 0 Å². The summed E-state index contributed by atoms with van der Waals surface area (Å²) in [4.78, 5) is 0. The van der Waals surface area contributed by atoms with E-state index in [9.17, 15) is 4.39 Å². The zero-order valence-corrected chi connectivity index (χ0v) is 11.3. The van der Waals surface area contributed by atoms with Crippen molar-refractivity contribution in [3.05, 3.63) is 15.9 Å². The third kappa shape index (κ3) is 2.15. The number of nitrogens with zero attached hydrogens (tertiary/aromatic N) is 2. The van der Waals surface area contributed by atoms with Crippen molar-refractivity contribution in [3.8, 4) is 0 Å². The van der Waals surface area contributed by atoms with Crippen LogP contribution in [0.2, 0.25) is 0 Å². The molecule has 1 aliphatic rings. The second kappa shape index (κ2) is 4.45. The predicted octanol–water partition coefficient (Wildman–Crippen LogP) is 1.99. The zero-order chi connectivity index (χ0) is 11.8. The van der Waals surface area contributed by atoms with Crippen molar-refractivity contribution in [3.63, 3.8) is 0 Å². The molecule has 0 aromatic carbocycles. The number of aryl methyl sites for hydroxylation is 2. The Balaban J connectivity index is 2.23. The van der Waals surface area contributed by atoms with Gasteiger partial charge in [-0.2, -0.15) is 5.10 Å². The van der Waals surface area contributed by atoms with Gasteiger partial charge in [0.25, 0.3) is 0 Å². The Morgan fingerprint density at radius 1 is 1.62 bits per heavy atom. The molecule has 2 heterocycles. The fraction of sp³-hybridized carbons (Fsp3) is 0.727. The van der Waals surface area contributed by atoms with E-state index < -0.39 is 5.67 Å². The molecular formula is C11H17BrFN3. The molecule has 0 radical (unpaired) electrons. The largest absolute Gasteiger partial charge is 0.313 e. The number of alkyl halides is 1. The smallest absolute Gasteiger partial charge is 0.130 e. The fourth-order valence-corrected chi connectivity index (χ4v) is 2.93. The molecule has 0 aliphatic carbocycles. The van der Waals surface area contributed by atoms with Crippen LogP contribution in [0.15, 0.2) is 4.47 Å². The molecule has 3 nitrogen and oxygen atoms in total. The van der Waals surface area contributed by atoms with Gasteiger partial charge in [-0.15, -0.1) is 0 Å². The van der Waals surface area contributed by atoms with Gasteiger partial charge in [-0.25, -0.2) is 4.39 Å². The van der Waals surface area contributed by atoms with E-state index in [1.165, 1.54) is 0 Å². The standard InChI is InChI=1S/C11H17BrFN3/c1-3-8-10(12)9(16(2)15-8)6-11(13)4-5-14-7-11/h14H,3-7H2,1-2H3. The van der Waals surface area contributed by atoms with Gasteiger partial charge in [-0.1, -0.05) is 6.92 Å². The van der Waals surface area contributed by atoms with Crippen molar-refractivity contribution in [1.82, 2.24) is 15.1 Å². The SMILES string of the molecule is CCc1nn(C)c(CC2(F)CCNC2)c1Br. The van der Waals surface area contributed by atoms with Crippen molar-refractivity contribution in [2.45, 2.75) is 31.9 Å². The summed E-state index contributed by atoms with van der Waals surface area (Å²) in [5.74, 6) is 0. The molecule has 2 rings (SSSR count). The molecule has 0 spiro atoms. The van der Waals surface area contributed by atoms with E-state index in [0.29, 0.717) is 19.4 Å². The van der Waals surface area contributed by atoms with E-state index in [-0.39, 0.29) is 0 Å². The van der Waals surface area contributed by atoms with Crippen LogP contribution in [-0.4, -0.2) is 28.5 Å². The molecule has 1 unspecified atom stereocenters. The highest BCUT2D eigenvalue weighted by molar-refractivity contribution is 9.10. The number of hydrogen-bond donors (Lipinski definition) is 1. The van der Waals surface area contributed by atoms with Crippen LogP contribution in [0.25, 0.3) is 0 Å². The summed E-state index contributed by atoms with van der Waals surface area (Å²) in [7, 11) is 1.88. The molecule has 16 heavy (non-hydrogen) atoms. The molecule has 1 saturated heterocycles. The summed E-state index contributed by atoms with van der Waals surface area (Å²) >= 11 is 3.52. The molecule has 0 saturated carbocycles. The molecule has 5 heteroatoms. The Morgan fingerprint density at radius 2 is 2.38 bits per heavy atom. The van der Waals surface area contributed by atoms with Crippen LogP contribution in [0.5, 0.6) is 0 Å². The van der Waals surface area contributed by atoms with Crippen LogP contribution in [0, 0.1) is 0 Å². The number of aromatic nitrogens is 2. The third-order valence-corrected chi connectivity index (χ3v) is 4.09. The van der Waals surface area contributed by atoms with Crippen molar-refractivity contribution in [2.24, 2.45) is 7.05 Å². The minimum Gasteiger partial charge on any atom is -0.313 e. The van der Waals surface area contributed by atoms with Gasteiger partial charge in [0.2, 0.25) is 0 Å². The second-order valence-corrected chi connectivity index (χ2v) is 5.23. The molecular weight excluding hydrogens is 273 g/mol. The van der Waals surface area contributed by atoms with E-state index in [1.54, 1.807) is 4.68 Å². The normalized spacial score (nSPS) is 25.2. The van der Waals surface area contributed by atoms with E-state index in [0.717, 1.165) is 28.8 Å². The molecule has 1 atom stereocenters. The first-order valence-corrected chi connectivity index (χ1v) is 6.45. The quantitative estimate of drug-likeness (QED) is 0.922. The third-order valence-electron chi connectivity index (χ3n) is 3.18. The van der Waals surface area contributed by atoms with Crippen LogP contribution in [0.4, 0.5) is 4.39 Å². The van der Waals surface area contributed by atoms with E-state index in [1.807, 2.05) is 7.05 Å². The monoisotopic (exact) mass is 289 g/mol. The minimum atomic E-state index is -1.11. The summed E-state index contributed by atoms with van der Waals surface area (Å²) in [6.07, 6.45) is 1.89. The summed E-state index contributed by atoms with van der Waals surface area (Å²) in [6, 6.07) is 0. The first kappa shape index (κ1) is 12.0. The minimum absolute atomic E-state index is 0.435. The Bertz CT molecular complexity index is 383. The maximum absolute atomic E-state index is 14.3. The Morgan fingerprint density at radius 3 is 2.88 bits per heavy atom. The molecule has 1 fully saturated rings. The van der Waals surface area contributed by atoms with Crippen molar-refractivity contribution >= 4 is 15.9 Å². The Labute approximate surface area is 104 Å². The first-order valence-electron chi connectivity index (χ1n) is 5.65. The lowest BCUT2D eigenvalue weighted by Gasteiger charge is -2.18. The van der Waals surface area contributed by atoms with Crippen LogP contribution < -0.4 is 5.32 Å². The van der Waals surface area contributed by atoms with Gasteiger partial charge >= 0.3 is 0 Å². The van der Waals surface area contributed by atoms with Crippen LogP contribution in [0.1, 0.15) is 24.7 Å². The van der Waals surface area contributed by atoms with Crippen LogP contribution in [0.3, 0.4) is 0 Å². The van der Waals surface area contributed by atoms with E-state index in [2.05, 4.69) is 33.3 Å². The maximum Gasteiger partial charge on any atom is 0.130 e. The van der Waals surface area contributed by atoms with E-state index >= 15 is 0 Å². The van der Waals surface area contributed by atoms with Crippen LogP contribution >= 0.6 is 15.9 Å². The number of hydrogen-bond acceptors (Lipinski definition) is 2. The zero-order valence-electron chi connectivity index (χ0n) is 9.69. The van der Waals surface area contributed by atoms with Gasteiger partial charge in [-0.05, 0) is 35.3 Å². The highest BCUT2D eigenvalue weighted by Gasteiger charge is 2.35. The summed E-state index contributed by atoms with van der Waals surface area (Å²) < 4.78 is 17.1. The van der Waals surface area contributed by atoms with Crippen molar-refractivity contribution < 1.29 is 4.39 Å². The topological polar surface area (TPSA) is 29.9 Å². The number of nitrogens with one attached hydrogen (secondary N) is 1. The van der Waals surface area contributed by atoms with Gasteiger partial charge in [0.05, 0.1) is 15.9 Å². The highest BCUT2D eigenvalue weighted by atomic mass is 79.9.